The molecule has 3 heterocycles. The van der Waals surface area contributed by atoms with E-state index >= 15 is 0 Å². The maximum Gasteiger partial charge on any atom is 0.253 e. The van der Waals surface area contributed by atoms with Gasteiger partial charge in [-0.1, -0.05) is 24.3 Å². The van der Waals surface area contributed by atoms with Crippen LogP contribution in [0.25, 0.3) is 17.2 Å². The maximum atomic E-state index is 13.1. The number of benzene rings is 1. The number of rotatable bonds is 5. The molecule has 32 heavy (non-hydrogen) atoms. The number of carbonyl (C=O) groups is 1. The number of carbonyl (C=O) groups excluding carboxylic acids is 1. The molecule has 2 aromatic rings. The largest absolute Gasteiger partial charge is 0.384 e. The molecule has 1 aliphatic carbocycles. The van der Waals surface area contributed by atoms with Crippen LogP contribution in [0.4, 0.5) is 5.69 Å². The highest BCUT2D eigenvalue weighted by Crippen LogP contribution is 2.35. The van der Waals surface area contributed by atoms with E-state index in [9.17, 15) is 4.79 Å². The molecular formula is C26H32N4O2. The number of likely N-dealkylation sites (tertiary alicyclic amines) is 1. The number of pyridine rings is 1. The zero-order valence-corrected chi connectivity index (χ0v) is 18.8. The Morgan fingerprint density at radius 1 is 1.12 bits per heavy atom. The number of morpholine rings is 1. The molecule has 0 unspecified atom stereocenters. The van der Waals surface area contributed by atoms with E-state index in [1.54, 1.807) is 0 Å². The molecule has 0 radical (unpaired) electrons. The van der Waals surface area contributed by atoms with Gasteiger partial charge in [0.05, 0.1) is 24.6 Å². The second-order valence-corrected chi connectivity index (χ2v) is 8.79. The van der Waals surface area contributed by atoms with Crippen LogP contribution in [0, 0.1) is 0 Å². The van der Waals surface area contributed by atoms with Gasteiger partial charge in [-0.15, -0.1) is 0 Å². The summed E-state index contributed by atoms with van der Waals surface area (Å²) in [7, 11) is 0. The number of nitrogens with one attached hydrogen (secondary N) is 1. The van der Waals surface area contributed by atoms with Crippen LogP contribution in [-0.2, 0) is 11.2 Å². The van der Waals surface area contributed by atoms with Gasteiger partial charge in [0.1, 0.15) is 0 Å². The zero-order valence-electron chi connectivity index (χ0n) is 18.8. The van der Waals surface area contributed by atoms with Crippen LogP contribution in [0.3, 0.4) is 0 Å². The van der Waals surface area contributed by atoms with Crippen LogP contribution in [0.15, 0.2) is 36.5 Å². The second kappa shape index (κ2) is 9.43. The van der Waals surface area contributed by atoms with Crippen molar-refractivity contribution in [3.63, 3.8) is 0 Å². The SMILES string of the molecule is CCNc1c(-c2ccc(C(=O)N3CCC(N4CCOCC4)CC3)cc2)cnc2c1C=CC2. The molecule has 1 N–H and O–H groups in total. The lowest BCUT2D eigenvalue weighted by molar-refractivity contribution is 0.00159. The van der Waals surface area contributed by atoms with Crippen LogP contribution in [0.5, 0.6) is 0 Å². The Bertz CT molecular complexity index is 988. The summed E-state index contributed by atoms with van der Waals surface area (Å²) in [6.45, 7) is 8.31. The molecule has 2 saturated heterocycles. The van der Waals surface area contributed by atoms with Gasteiger partial charge < -0.3 is 15.0 Å². The number of fused-ring (bicyclic) bond motifs is 1. The van der Waals surface area contributed by atoms with Gasteiger partial charge in [0.25, 0.3) is 5.91 Å². The summed E-state index contributed by atoms with van der Waals surface area (Å²) < 4.78 is 5.47. The predicted molar refractivity (Wildman–Crippen MR) is 128 cm³/mol. The minimum atomic E-state index is 0.138. The van der Waals surface area contributed by atoms with Gasteiger partial charge in [0, 0.05) is 68.1 Å². The first-order valence-electron chi connectivity index (χ1n) is 11.9. The normalized spacial score (nSPS) is 19.2. The molecule has 0 bridgehead atoms. The van der Waals surface area contributed by atoms with Crippen molar-refractivity contribution < 1.29 is 9.53 Å². The average molecular weight is 433 g/mol. The van der Waals surface area contributed by atoms with Crippen molar-refractivity contribution in [3.8, 4) is 11.1 Å². The van der Waals surface area contributed by atoms with Crippen molar-refractivity contribution in [2.24, 2.45) is 0 Å². The van der Waals surface area contributed by atoms with E-state index in [2.05, 4.69) is 46.4 Å². The van der Waals surface area contributed by atoms with Crippen LogP contribution in [0.1, 0.15) is 41.4 Å². The Kier molecular flexibility index (Phi) is 6.23. The predicted octanol–water partition coefficient (Wildman–Crippen LogP) is 3.69. The summed E-state index contributed by atoms with van der Waals surface area (Å²) in [5.74, 6) is 0.138. The van der Waals surface area contributed by atoms with E-state index in [0.717, 1.165) is 93.3 Å². The number of piperidine rings is 1. The molecule has 6 heteroatoms. The van der Waals surface area contributed by atoms with Gasteiger partial charge in [-0.25, -0.2) is 0 Å². The Labute approximate surface area is 190 Å². The highest BCUT2D eigenvalue weighted by molar-refractivity contribution is 5.95. The number of nitrogens with zero attached hydrogens (tertiary/aromatic N) is 3. The molecule has 1 aromatic heterocycles. The molecule has 168 valence electrons. The zero-order chi connectivity index (χ0) is 21.9. The topological polar surface area (TPSA) is 57.7 Å². The Balaban J connectivity index is 1.27. The summed E-state index contributed by atoms with van der Waals surface area (Å²) in [4.78, 5) is 22.3. The molecule has 0 atom stereocenters. The Morgan fingerprint density at radius 3 is 2.59 bits per heavy atom. The lowest BCUT2D eigenvalue weighted by Gasteiger charge is -2.40. The molecule has 2 aliphatic heterocycles. The van der Waals surface area contributed by atoms with Crippen LogP contribution >= 0.6 is 0 Å². The quantitative estimate of drug-likeness (QED) is 0.781. The van der Waals surface area contributed by atoms with Gasteiger partial charge >= 0.3 is 0 Å². The van der Waals surface area contributed by atoms with E-state index in [1.807, 2.05) is 23.2 Å². The number of hydrogen-bond acceptors (Lipinski definition) is 5. The fourth-order valence-electron chi connectivity index (χ4n) is 5.13. The van der Waals surface area contributed by atoms with Crippen LogP contribution in [-0.4, -0.2) is 72.7 Å². The molecule has 1 aromatic carbocycles. The second-order valence-electron chi connectivity index (χ2n) is 8.79. The number of aromatic nitrogens is 1. The third kappa shape index (κ3) is 4.17. The van der Waals surface area contributed by atoms with Crippen molar-refractivity contribution in [3.05, 3.63) is 53.4 Å². The van der Waals surface area contributed by atoms with Gasteiger partial charge in [-0.2, -0.15) is 0 Å². The van der Waals surface area contributed by atoms with Crippen LogP contribution in [0.2, 0.25) is 0 Å². The highest BCUT2D eigenvalue weighted by Gasteiger charge is 2.28. The van der Waals surface area contributed by atoms with Gasteiger partial charge in [-0.05, 0) is 37.5 Å². The third-order valence-corrected chi connectivity index (χ3v) is 6.90. The molecule has 2 fully saturated rings. The van der Waals surface area contributed by atoms with E-state index < -0.39 is 0 Å². The fraction of sp³-hybridized carbons (Fsp3) is 0.462. The lowest BCUT2D eigenvalue weighted by Crippen LogP contribution is -2.50. The summed E-state index contributed by atoms with van der Waals surface area (Å²) >= 11 is 0. The average Bonchev–Trinajstić information content (AvgIpc) is 3.34. The van der Waals surface area contributed by atoms with Crippen molar-refractivity contribution >= 4 is 17.7 Å². The number of allylic oxidation sites excluding steroid dienone is 1. The molecule has 3 aliphatic rings. The minimum absolute atomic E-state index is 0.138. The first kappa shape index (κ1) is 21.2. The summed E-state index contributed by atoms with van der Waals surface area (Å²) in [6.07, 6.45) is 9.25. The smallest absolute Gasteiger partial charge is 0.253 e. The summed E-state index contributed by atoms with van der Waals surface area (Å²) in [5.41, 5.74) is 6.37. The molecule has 5 rings (SSSR count). The van der Waals surface area contributed by atoms with Gasteiger partial charge in [0.15, 0.2) is 0 Å². The first-order chi connectivity index (χ1) is 15.7. The maximum absolute atomic E-state index is 13.1. The van der Waals surface area contributed by atoms with E-state index in [0.29, 0.717) is 6.04 Å². The molecule has 0 spiro atoms. The standard InChI is InChI=1S/C26H32N4O2/c1-2-27-25-22-4-3-5-24(22)28-18-23(25)19-6-8-20(9-7-19)26(31)30-12-10-21(11-13-30)29-14-16-32-17-15-29/h3-4,6-9,18,21H,2,5,10-17H2,1H3,(H,27,28). The third-order valence-electron chi connectivity index (χ3n) is 6.90. The Morgan fingerprint density at radius 2 is 1.88 bits per heavy atom. The van der Waals surface area contributed by atoms with Crippen molar-refractivity contribution in [1.29, 1.82) is 0 Å². The van der Waals surface area contributed by atoms with Gasteiger partial charge in [-0.3, -0.25) is 14.7 Å². The van der Waals surface area contributed by atoms with Gasteiger partial charge in [0.2, 0.25) is 0 Å². The van der Waals surface area contributed by atoms with E-state index in [-0.39, 0.29) is 5.91 Å². The minimum Gasteiger partial charge on any atom is -0.384 e. The van der Waals surface area contributed by atoms with Crippen molar-refractivity contribution in [2.45, 2.75) is 32.2 Å². The molecule has 0 saturated carbocycles. The number of hydrogen-bond donors (Lipinski definition) is 1. The fourth-order valence-corrected chi connectivity index (χ4v) is 5.13. The highest BCUT2D eigenvalue weighted by atomic mass is 16.5. The number of anilines is 1. The molecular weight excluding hydrogens is 400 g/mol. The lowest BCUT2D eigenvalue weighted by atomic mass is 9.99. The van der Waals surface area contributed by atoms with Crippen LogP contribution < -0.4 is 5.32 Å². The monoisotopic (exact) mass is 432 g/mol. The Hall–Kier alpha value is -2.70. The van der Waals surface area contributed by atoms with E-state index in [1.165, 1.54) is 5.56 Å². The summed E-state index contributed by atoms with van der Waals surface area (Å²) in [5, 5.41) is 3.52. The number of amides is 1. The van der Waals surface area contributed by atoms with E-state index in [4.69, 9.17) is 4.74 Å². The molecule has 1 amide bonds. The van der Waals surface area contributed by atoms with Crippen molar-refractivity contribution in [1.82, 2.24) is 14.8 Å². The van der Waals surface area contributed by atoms with Crippen molar-refractivity contribution in [2.75, 3.05) is 51.3 Å². The molecule has 6 nitrogen and oxygen atoms in total. The summed E-state index contributed by atoms with van der Waals surface area (Å²) in [6, 6.07) is 8.61. The first-order valence-corrected chi connectivity index (χ1v) is 11.9. The number of ether oxygens (including phenoxy) is 1.